The molecule has 0 aliphatic carbocycles. The van der Waals surface area contributed by atoms with Crippen LogP contribution in [0.4, 0.5) is 28.8 Å². The van der Waals surface area contributed by atoms with Crippen LogP contribution in [0.2, 0.25) is 0 Å². The van der Waals surface area contributed by atoms with E-state index in [0.717, 1.165) is 83.2 Å². The maximum absolute atomic E-state index is 12.0. The predicted octanol–water partition coefficient (Wildman–Crippen LogP) is 9.88. The van der Waals surface area contributed by atoms with E-state index in [-0.39, 0.29) is 347 Å². The van der Waals surface area contributed by atoms with E-state index in [1.165, 1.54) is 30.7 Å². The summed E-state index contributed by atoms with van der Waals surface area (Å²) in [5, 5.41) is 55.7. The van der Waals surface area contributed by atoms with E-state index in [1.54, 1.807) is 138 Å². The Morgan fingerprint density at radius 2 is 0.863 bits per heavy atom. The normalized spacial score (nSPS) is 16.1. The Hall–Kier alpha value is -4.21. The molecular formula is C95H154LiN13O29W4Y4-6. The molecule has 0 saturated carbocycles. The largest absolute Gasteiger partial charge is 1.00 e. The number of carbonyl (C=O) groups excluding carboxylic acids is 13. The van der Waals surface area contributed by atoms with Crippen molar-refractivity contribution in [1.82, 2.24) is 49.7 Å². The molecular weight excluding hydrogens is 2890 g/mol. The Balaban J connectivity index is -0.000000113. The number of nitro groups is 2. The molecule has 816 valence electrons. The number of imide groups is 3. The molecule has 6 aliphatic rings. The average Bonchev–Trinajstić information content (AvgIpc) is 1.68. The summed E-state index contributed by atoms with van der Waals surface area (Å²) < 4.78 is 40.1. The zero-order chi connectivity index (χ0) is 105. The number of likely N-dealkylation sites (tertiary alicyclic amines) is 2. The summed E-state index contributed by atoms with van der Waals surface area (Å²) in [6, 6.07) is 9.48. The quantitative estimate of drug-likeness (QED) is 0.0105. The van der Waals surface area contributed by atoms with Gasteiger partial charge in [-0.1, -0.05) is 47.6 Å². The molecule has 10 amide bonds. The molecule has 9 heterocycles. The van der Waals surface area contributed by atoms with Gasteiger partial charge in [-0.2, -0.15) is 6.42 Å². The molecule has 3 aromatic heterocycles. The number of alkyl carbamates (subject to hydrolysis) is 1. The first-order valence-corrected chi connectivity index (χ1v) is 44.4. The van der Waals surface area contributed by atoms with Crippen molar-refractivity contribution in [3.8, 4) is 0 Å². The number of ether oxygens (including phenoxy) is 7. The van der Waals surface area contributed by atoms with E-state index in [0.29, 0.717) is 76.8 Å². The molecule has 9 N–H and O–H groups in total. The van der Waals surface area contributed by atoms with Crippen LogP contribution in [0.5, 0.6) is 0 Å². The van der Waals surface area contributed by atoms with Gasteiger partial charge in [0.15, 0.2) is 0 Å². The van der Waals surface area contributed by atoms with Crippen molar-refractivity contribution in [3.05, 3.63) is 123 Å². The number of carboxylic acid groups (broad SMARTS) is 2. The van der Waals surface area contributed by atoms with Crippen LogP contribution in [0.3, 0.4) is 0 Å². The van der Waals surface area contributed by atoms with Crippen molar-refractivity contribution >= 4 is 89.8 Å². The molecule has 9 rings (SSSR count). The van der Waals surface area contributed by atoms with Crippen LogP contribution in [0, 0.1) is 160 Å². The van der Waals surface area contributed by atoms with E-state index in [1.807, 2.05) is 50.7 Å². The summed E-state index contributed by atoms with van der Waals surface area (Å²) in [7, 11) is 0. The summed E-state index contributed by atoms with van der Waals surface area (Å²) in [6.07, 6.45) is 13.6. The number of ketones is 1. The second-order valence-corrected chi connectivity index (χ2v) is 38.5. The number of carboxylic acids is 2. The van der Waals surface area contributed by atoms with Crippen molar-refractivity contribution < 1.29 is 367 Å². The molecule has 7 unspecified atom stereocenters. The van der Waals surface area contributed by atoms with Gasteiger partial charge in [0, 0.05) is 333 Å². The fraction of sp³-hybridized carbons (Fsp3) is 0.663. The van der Waals surface area contributed by atoms with Crippen LogP contribution in [-0.2, 0) is 311 Å². The van der Waals surface area contributed by atoms with Crippen LogP contribution in [0.1, 0.15) is 248 Å². The van der Waals surface area contributed by atoms with Crippen molar-refractivity contribution in [2.75, 3.05) is 65.4 Å². The fourth-order valence-corrected chi connectivity index (χ4v) is 11.9. The number of aliphatic hydroxyl groups excluding tert-OH is 1. The minimum Gasteiger partial charge on any atom is -0.568 e. The number of hydrogen-bond donors (Lipinski definition) is 8. The summed E-state index contributed by atoms with van der Waals surface area (Å²) in [5.41, 5.74) is 7.37. The van der Waals surface area contributed by atoms with Gasteiger partial charge < -0.3 is 161 Å². The number of aromatic nitrogens is 3. The van der Waals surface area contributed by atoms with Crippen LogP contribution < -0.4 is 45.9 Å². The van der Waals surface area contributed by atoms with E-state index in [4.69, 9.17) is 54.3 Å². The Kier molecular flexibility index (Phi) is 95.1. The third kappa shape index (κ3) is 86.2. The second-order valence-electron chi connectivity index (χ2n) is 38.5. The monoisotopic (exact) mass is 3040 g/mol. The Bertz CT molecular complexity index is 4450. The number of nitrogens with one attached hydrogen (secondary N) is 4. The van der Waals surface area contributed by atoms with Gasteiger partial charge in [0.05, 0.1) is 18.9 Å². The molecule has 0 spiro atoms. The first-order chi connectivity index (χ1) is 62.3. The molecule has 7 atom stereocenters. The summed E-state index contributed by atoms with van der Waals surface area (Å²) in [5.74, 6) is -2.38. The molecule has 146 heavy (non-hydrogen) atoms. The SMILES string of the molecule is C.CC(=O)O.CC(=O)[CH-]C(C)[CH-]O.CC(C)(C)OC(=O)N1CC(C[N+](=O)[O-])CC1=O.CC(C)(C)OC(=O)N1CC=CC1=O.CC(C)(C)OC(=O)OC(=O)OC(C)(C)C.Cc1[c-]c(C)n(CC(CNC(=O)OC(C)(C)C)CC(=O)O)[c-]1.Cc1[c-]c(C)n(CC2CC(=O)N(C(=O)OC(C)(C)C)C2)[c-]1.Cc1[c-]c(C)n(CC2CNC(=O)C2)[c-]1.NCC1CNC(=O)C1.O=C1CC(C[N+](=O)[O-])CN1.[CH2-]CCC.[H+].[H+].[Li+].[W].[W].[W].[W].[Y].[Y].[Y].[Y]. The number of rotatable bonds is 19. The van der Waals surface area contributed by atoms with E-state index in [9.17, 15) is 87.4 Å². The maximum atomic E-state index is 12.0. The van der Waals surface area contributed by atoms with E-state index in [2.05, 4.69) is 81.2 Å². The first-order valence-electron chi connectivity index (χ1n) is 44.4. The van der Waals surface area contributed by atoms with Gasteiger partial charge in [0.25, 0.3) is 11.9 Å². The number of unbranched alkanes of at least 4 members (excludes halogenated alkanes) is 1. The maximum Gasteiger partial charge on any atom is 1.00 e. The minimum absolute atomic E-state index is 0. The first kappa shape index (κ1) is 167. The van der Waals surface area contributed by atoms with Crippen LogP contribution in [0.25, 0.3) is 0 Å². The van der Waals surface area contributed by atoms with Crippen molar-refractivity contribution in [2.45, 2.75) is 306 Å². The van der Waals surface area contributed by atoms with Gasteiger partial charge in [-0.15, -0.1) is 27.7 Å². The number of amides is 10. The number of hydrogen-bond acceptors (Lipinski definition) is 28. The summed E-state index contributed by atoms with van der Waals surface area (Å²) in [6.45, 7) is 59.0. The minimum atomic E-state index is -1.06. The number of nitrogens with zero attached hydrogens (tertiary/aromatic N) is 8. The third-order valence-electron chi connectivity index (χ3n) is 17.4. The molecule has 6 aliphatic heterocycles. The Morgan fingerprint density at radius 1 is 0.541 bits per heavy atom. The second kappa shape index (κ2) is 83.2. The van der Waals surface area contributed by atoms with Gasteiger partial charge in [0.2, 0.25) is 42.6 Å². The Labute approximate surface area is 1040 Å². The molecule has 4 radical (unpaired) electrons. The van der Waals surface area contributed by atoms with Gasteiger partial charge in [-0.25, -0.2) is 67.2 Å². The number of carbonyl (C=O) groups is 15. The Morgan fingerprint density at radius 3 is 1.14 bits per heavy atom. The number of aliphatic hydroxyl groups is 1. The number of Topliss-reactive ketones (excluding diaryl/α,β-unsaturated/α-hetero) is 1. The van der Waals surface area contributed by atoms with Crippen LogP contribution >= 0.6 is 0 Å². The standard InChI is InChI=1S/C16H24N2O4.C16H22N2O3.C11H14N2O.C10H16N2O5.C10H18O5.C9H13NO3.C6H10O2.C5H8N2O3.C5H10N2O.C4H9.C2H4O2.CH4.Li.4W.4Y/c1-11-6-12(2)18(9-11)10-13(7-14(19)20)8-17-15(21)22-16(3,4)5;1-11-6-12(2)17(8-11)9-13-7-14(19)18(10-13)15(20)21-16(3,4)5;1-8-3-9(2)13(6-8)7-10-4-11(14)12-5-10;1-10(2,3)17-9(14)11-5-7(4-8(11)13)6-12(15)16;1-9(2,3)14-7(11)13-8(12)15-10(4,5)6;1-9(2,3)13-8(12)10-6-4-5-7(10)11;1-5(4-7)3-6(2)8;8-5-1-4(2-6-5)3-7(9)10;6-2-4-1-5(8)7-3-4;1-3-4-2;1-2(3)4;;;;;;;;;;/h13H,7-8,10H2,1-5H3,(H,17,21)(H,19,20);13H,7,9-10H2,1-5H3;10H,4-5,7H2,1-2H3,(H,12,14);7H,4-6H2,1-3H3;1-6H3;4-5H,6H2,1-3H3;3-5,7H,1-2H3;4H,1-3H2,(H,6,8);4H,1-3,6H2,(H,7,8);1,3-4H2,2H3;1H3,(H,3,4);1H4;;;;;;;;;/q3*-2;;;;-2;;;-1;;;+1;;;;;;;;/p+2. The zero-order valence-corrected chi connectivity index (χ0v) is 113. The predicted molar refractivity (Wildman–Crippen MR) is 506 cm³/mol. The van der Waals surface area contributed by atoms with Gasteiger partial charge >= 0.3 is 64.4 Å². The van der Waals surface area contributed by atoms with E-state index >= 15 is 0 Å². The number of aliphatic carboxylic acids is 2. The molecule has 0 aromatic carbocycles. The molecule has 0 bridgehead atoms. The fourth-order valence-electron chi connectivity index (χ4n) is 11.9. The topological polar surface area (TPSA) is 566 Å². The van der Waals surface area contributed by atoms with Gasteiger partial charge in [-0.05, 0) is 169 Å². The van der Waals surface area contributed by atoms with E-state index < -0.39 is 99.0 Å². The molecule has 3 aromatic rings. The van der Waals surface area contributed by atoms with Gasteiger partial charge in [0.1, 0.15) is 33.6 Å². The third-order valence-corrected chi connectivity index (χ3v) is 17.4. The molecule has 5 fully saturated rings. The summed E-state index contributed by atoms with van der Waals surface area (Å²) in [4.78, 5) is 188. The molecule has 42 nitrogen and oxygen atoms in total. The smallest absolute Gasteiger partial charge is 0.568 e. The summed E-state index contributed by atoms with van der Waals surface area (Å²) >= 11 is 0. The zero-order valence-electron chi connectivity index (χ0n) is 91.5. The van der Waals surface area contributed by atoms with Gasteiger partial charge in [-0.3, -0.25) is 64.5 Å². The molecule has 51 heteroatoms. The number of aryl methyl sites for hydroxylation is 6. The van der Waals surface area contributed by atoms with Crippen molar-refractivity contribution in [1.29, 1.82) is 0 Å². The van der Waals surface area contributed by atoms with Crippen LogP contribution in [-0.4, -0.2) is 242 Å². The van der Waals surface area contributed by atoms with Crippen LogP contribution in [0.15, 0.2) is 12.2 Å². The van der Waals surface area contributed by atoms with Crippen molar-refractivity contribution in [2.24, 2.45) is 47.2 Å². The van der Waals surface area contributed by atoms with Crippen molar-refractivity contribution in [3.63, 3.8) is 0 Å². The average molecular weight is 3040 g/mol. The molecule has 5 saturated heterocycles. The number of nitrogens with two attached hydrogens (primary N) is 1.